The first-order valence-electron chi connectivity index (χ1n) is 7.81. The number of rotatable bonds is 6. The maximum atomic E-state index is 11.5. The van der Waals surface area contributed by atoms with Gasteiger partial charge in [-0.3, -0.25) is 9.69 Å². The second-order valence-corrected chi connectivity index (χ2v) is 5.62. The highest BCUT2D eigenvalue weighted by Gasteiger charge is 2.21. The molecule has 0 bridgehead atoms. The van der Waals surface area contributed by atoms with Crippen molar-refractivity contribution in [3.63, 3.8) is 0 Å². The summed E-state index contributed by atoms with van der Waals surface area (Å²) in [5.41, 5.74) is 5.39. The maximum absolute atomic E-state index is 11.5. The lowest BCUT2D eigenvalue weighted by Gasteiger charge is -2.32. The smallest absolute Gasteiger partial charge is 0.236 e. The highest BCUT2D eigenvalue weighted by Crippen LogP contribution is 2.10. The van der Waals surface area contributed by atoms with Crippen molar-refractivity contribution in [2.45, 2.75) is 25.3 Å². The van der Waals surface area contributed by atoms with Crippen LogP contribution in [0.15, 0.2) is 0 Å². The molecule has 2 fully saturated rings. The van der Waals surface area contributed by atoms with E-state index >= 15 is 0 Å². The third kappa shape index (κ3) is 5.01. The fraction of sp³-hybridized carbons (Fsp3) is 0.929. The minimum absolute atomic E-state index is 0.0794. The number of ether oxygens (including phenoxy) is 1. The molecule has 0 unspecified atom stereocenters. The Hall–Kier alpha value is -0.690. The summed E-state index contributed by atoms with van der Waals surface area (Å²) in [6, 6.07) is 0.557. The van der Waals surface area contributed by atoms with Gasteiger partial charge in [0.2, 0.25) is 5.91 Å². The molecule has 0 radical (unpaired) electrons. The first-order valence-corrected chi connectivity index (χ1v) is 7.81. The molecule has 0 aromatic carbocycles. The Balaban J connectivity index is 1.51. The highest BCUT2D eigenvalue weighted by atomic mass is 16.5. The summed E-state index contributed by atoms with van der Waals surface area (Å²) in [7, 11) is 0. The van der Waals surface area contributed by atoms with Crippen LogP contribution in [0.1, 0.15) is 19.3 Å². The zero-order valence-corrected chi connectivity index (χ0v) is 12.4. The average molecular weight is 284 g/mol. The predicted molar refractivity (Wildman–Crippen MR) is 78.5 cm³/mol. The summed E-state index contributed by atoms with van der Waals surface area (Å²) >= 11 is 0. The van der Waals surface area contributed by atoms with Gasteiger partial charge in [-0.2, -0.15) is 0 Å². The van der Waals surface area contributed by atoms with Gasteiger partial charge >= 0.3 is 0 Å². The maximum Gasteiger partial charge on any atom is 0.236 e. The van der Waals surface area contributed by atoms with E-state index in [1.165, 1.54) is 6.42 Å². The molecule has 116 valence electrons. The summed E-state index contributed by atoms with van der Waals surface area (Å²) in [6.07, 6.45) is 3.27. The quantitative estimate of drug-likeness (QED) is 0.628. The lowest BCUT2D eigenvalue weighted by atomic mass is 10.0. The van der Waals surface area contributed by atoms with Gasteiger partial charge in [-0.25, -0.2) is 0 Å². The highest BCUT2D eigenvalue weighted by molar-refractivity contribution is 5.78. The van der Waals surface area contributed by atoms with E-state index in [2.05, 4.69) is 10.2 Å². The number of hydrogen-bond acceptors (Lipinski definition) is 5. The van der Waals surface area contributed by atoms with Gasteiger partial charge in [0.05, 0.1) is 19.8 Å². The Bertz CT molecular complexity index is 287. The Labute approximate surface area is 121 Å². The van der Waals surface area contributed by atoms with Crippen molar-refractivity contribution < 1.29 is 9.53 Å². The first kappa shape index (κ1) is 15.7. The van der Waals surface area contributed by atoms with Crippen molar-refractivity contribution in [2.24, 2.45) is 5.73 Å². The second kappa shape index (κ2) is 8.56. The van der Waals surface area contributed by atoms with Crippen LogP contribution in [0.25, 0.3) is 0 Å². The van der Waals surface area contributed by atoms with Crippen LogP contribution < -0.4 is 11.1 Å². The lowest BCUT2D eigenvalue weighted by molar-refractivity contribution is -0.130. The fourth-order valence-corrected chi connectivity index (χ4v) is 2.90. The molecule has 2 aliphatic rings. The molecule has 2 saturated heterocycles. The van der Waals surface area contributed by atoms with Crippen LogP contribution in [0.5, 0.6) is 0 Å². The van der Waals surface area contributed by atoms with E-state index in [1.807, 2.05) is 4.90 Å². The predicted octanol–water partition coefficient (Wildman–Crippen LogP) is -0.752. The summed E-state index contributed by atoms with van der Waals surface area (Å²) < 4.78 is 5.34. The van der Waals surface area contributed by atoms with Crippen molar-refractivity contribution in [3.05, 3.63) is 0 Å². The van der Waals surface area contributed by atoms with E-state index in [0.29, 0.717) is 6.04 Å². The SMILES string of the molecule is NCC(=O)N1CCC(NCCCN2CCOCC2)CC1. The van der Waals surface area contributed by atoms with Crippen LogP contribution >= 0.6 is 0 Å². The van der Waals surface area contributed by atoms with Gasteiger partial charge in [-0.1, -0.05) is 0 Å². The molecule has 2 aliphatic heterocycles. The minimum atomic E-state index is 0.0794. The molecular formula is C14H28N4O2. The van der Waals surface area contributed by atoms with Crippen molar-refractivity contribution in [2.75, 3.05) is 59.0 Å². The number of nitrogens with one attached hydrogen (secondary N) is 1. The molecule has 20 heavy (non-hydrogen) atoms. The van der Waals surface area contributed by atoms with Gasteiger partial charge in [0, 0.05) is 32.2 Å². The number of nitrogens with zero attached hydrogens (tertiary/aromatic N) is 2. The molecule has 0 atom stereocenters. The van der Waals surface area contributed by atoms with Crippen molar-refractivity contribution in [1.29, 1.82) is 0 Å². The van der Waals surface area contributed by atoms with Crippen LogP contribution in [0, 0.1) is 0 Å². The lowest BCUT2D eigenvalue weighted by Crippen LogP contribution is -2.47. The Morgan fingerprint density at radius 2 is 1.90 bits per heavy atom. The van der Waals surface area contributed by atoms with E-state index in [9.17, 15) is 4.79 Å². The summed E-state index contributed by atoms with van der Waals surface area (Å²) in [5.74, 6) is 0.0794. The van der Waals surface area contributed by atoms with Gasteiger partial charge in [-0.15, -0.1) is 0 Å². The third-order valence-electron chi connectivity index (χ3n) is 4.21. The molecular weight excluding hydrogens is 256 g/mol. The van der Waals surface area contributed by atoms with E-state index in [-0.39, 0.29) is 12.5 Å². The molecule has 2 heterocycles. The molecule has 2 rings (SSSR count). The number of amides is 1. The van der Waals surface area contributed by atoms with E-state index in [0.717, 1.165) is 65.3 Å². The minimum Gasteiger partial charge on any atom is -0.379 e. The first-order chi connectivity index (χ1) is 9.79. The normalized spacial score (nSPS) is 22.1. The molecule has 0 aliphatic carbocycles. The largest absolute Gasteiger partial charge is 0.379 e. The molecule has 0 aromatic rings. The van der Waals surface area contributed by atoms with Crippen molar-refractivity contribution >= 4 is 5.91 Å². The summed E-state index contributed by atoms with van der Waals surface area (Å²) in [5, 5.41) is 3.61. The Kier molecular flexibility index (Phi) is 6.72. The zero-order valence-electron chi connectivity index (χ0n) is 12.4. The number of carbonyl (C=O) groups is 1. The zero-order chi connectivity index (χ0) is 14.2. The molecule has 6 heteroatoms. The topological polar surface area (TPSA) is 70.8 Å². The van der Waals surface area contributed by atoms with Crippen molar-refractivity contribution in [1.82, 2.24) is 15.1 Å². The number of hydrogen-bond donors (Lipinski definition) is 2. The fourth-order valence-electron chi connectivity index (χ4n) is 2.90. The Morgan fingerprint density at radius 1 is 1.20 bits per heavy atom. The number of morpholine rings is 1. The summed E-state index contributed by atoms with van der Waals surface area (Å²) in [4.78, 5) is 15.8. The molecule has 0 aromatic heterocycles. The van der Waals surface area contributed by atoms with E-state index in [4.69, 9.17) is 10.5 Å². The van der Waals surface area contributed by atoms with Crippen LogP contribution in [0.3, 0.4) is 0 Å². The average Bonchev–Trinajstić information content (AvgIpc) is 2.52. The second-order valence-electron chi connectivity index (χ2n) is 5.62. The number of likely N-dealkylation sites (tertiary alicyclic amines) is 1. The van der Waals surface area contributed by atoms with Crippen LogP contribution in [-0.4, -0.2) is 80.8 Å². The van der Waals surface area contributed by atoms with Crippen LogP contribution in [-0.2, 0) is 9.53 Å². The monoisotopic (exact) mass is 284 g/mol. The van der Waals surface area contributed by atoms with Gasteiger partial charge in [-0.05, 0) is 32.4 Å². The molecule has 0 spiro atoms. The molecule has 3 N–H and O–H groups in total. The van der Waals surface area contributed by atoms with Crippen LogP contribution in [0.2, 0.25) is 0 Å². The van der Waals surface area contributed by atoms with Gasteiger partial charge in [0.15, 0.2) is 0 Å². The van der Waals surface area contributed by atoms with Gasteiger partial charge < -0.3 is 20.7 Å². The van der Waals surface area contributed by atoms with Crippen molar-refractivity contribution in [3.8, 4) is 0 Å². The third-order valence-corrected chi connectivity index (χ3v) is 4.21. The van der Waals surface area contributed by atoms with Gasteiger partial charge in [0.1, 0.15) is 0 Å². The standard InChI is InChI=1S/C14H28N4O2/c15-12-14(19)18-6-2-13(3-7-18)16-4-1-5-17-8-10-20-11-9-17/h13,16H,1-12,15H2. The number of carbonyl (C=O) groups excluding carboxylic acids is 1. The molecule has 0 saturated carbocycles. The number of nitrogens with two attached hydrogens (primary N) is 1. The summed E-state index contributed by atoms with van der Waals surface area (Å²) in [6.45, 7) is 7.93. The van der Waals surface area contributed by atoms with E-state index in [1.54, 1.807) is 0 Å². The van der Waals surface area contributed by atoms with E-state index < -0.39 is 0 Å². The van der Waals surface area contributed by atoms with Gasteiger partial charge in [0.25, 0.3) is 0 Å². The molecule has 6 nitrogen and oxygen atoms in total. The number of piperidine rings is 1. The Morgan fingerprint density at radius 3 is 2.55 bits per heavy atom. The van der Waals surface area contributed by atoms with Crippen LogP contribution in [0.4, 0.5) is 0 Å². The molecule has 1 amide bonds.